The average Bonchev–Trinajstić information content (AvgIpc) is 2.36. The lowest BCUT2D eigenvalue weighted by atomic mass is 10.1. The zero-order chi connectivity index (χ0) is 13.6. The van der Waals surface area contributed by atoms with Crippen molar-refractivity contribution in [3.05, 3.63) is 0 Å². The van der Waals surface area contributed by atoms with Crippen molar-refractivity contribution in [2.45, 2.75) is 53.4 Å². The minimum atomic E-state index is 0.630. The van der Waals surface area contributed by atoms with E-state index in [0.717, 1.165) is 39.3 Å². The number of hydrogen-bond donors (Lipinski definition) is 1. The third-order valence-corrected chi connectivity index (χ3v) is 2.84. The number of hydrogen-bond acceptors (Lipinski definition) is 4. The Kier molecular flexibility index (Phi) is 13.2. The van der Waals surface area contributed by atoms with Gasteiger partial charge in [0.15, 0.2) is 0 Å². The molecule has 18 heavy (non-hydrogen) atoms. The van der Waals surface area contributed by atoms with Crippen molar-refractivity contribution in [1.82, 2.24) is 10.5 Å². The van der Waals surface area contributed by atoms with Gasteiger partial charge in [-0.25, -0.2) is 5.48 Å². The third-order valence-electron chi connectivity index (χ3n) is 2.84. The van der Waals surface area contributed by atoms with Crippen LogP contribution in [-0.2, 0) is 9.68 Å². The van der Waals surface area contributed by atoms with E-state index in [1.807, 2.05) is 5.06 Å². The van der Waals surface area contributed by atoms with Gasteiger partial charge in [-0.1, -0.05) is 40.5 Å². The van der Waals surface area contributed by atoms with Crippen LogP contribution in [0.2, 0.25) is 0 Å². The fourth-order valence-electron chi connectivity index (χ4n) is 1.67. The van der Waals surface area contributed by atoms with Gasteiger partial charge in [0.2, 0.25) is 0 Å². The lowest BCUT2D eigenvalue weighted by Crippen LogP contribution is -2.33. The molecule has 4 nitrogen and oxygen atoms in total. The first-order chi connectivity index (χ1) is 8.74. The molecule has 0 saturated carbocycles. The Labute approximate surface area is 113 Å². The summed E-state index contributed by atoms with van der Waals surface area (Å²) in [6.07, 6.45) is 4.74. The van der Waals surface area contributed by atoms with Crippen molar-refractivity contribution >= 4 is 0 Å². The highest BCUT2D eigenvalue weighted by atomic mass is 16.7. The summed E-state index contributed by atoms with van der Waals surface area (Å²) in [4.78, 5) is 11.1. The second-order valence-corrected chi connectivity index (χ2v) is 4.81. The molecule has 1 N–H and O–H groups in total. The number of likely N-dealkylation sites (N-methyl/N-ethyl adjacent to an activating group) is 1. The predicted molar refractivity (Wildman–Crippen MR) is 76.1 cm³/mol. The molecule has 0 saturated heterocycles. The molecule has 0 aromatic rings. The number of nitrogens with zero attached hydrogens (tertiary/aromatic N) is 1. The van der Waals surface area contributed by atoms with Crippen molar-refractivity contribution in [1.29, 1.82) is 0 Å². The average molecular weight is 260 g/mol. The molecule has 1 unspecified atom stereocenters. The summed E-state index contributed by atoms with van der Waals surface area (Å²) in [6, 6.07) is 0. The van der Waals surface area contributed by atoms with Gasteiger partial charge in [-0.15, -0.1) is 0 Å². The smallest absolute Gasteiger partial charge is 0.0707 e. The molecule has 0 fully saturated rings. The number of nitrogens with one attached hydrogen (secondary N) is 1. The lowest BCUT2D eigenvalue weighted by molar-refractivity contribution is -0.159. The van der Waals surface area contributed by atoms with Gasteiger partial charge in [-0.05, 0) is 18.8 Å². The minimum Gasteiger partial charge on any atom is -0.301 e. The van der Waals surface area contributed by atoms with E-state index >= 15 is 0 Å². The Hall–Kier alpha value is -0.160. The molecule has 0 rings (SSSR count). The van der Waals surface area contributed by atoms with Gasteiger partial charge in [0.05, 0.1) is 13.2 Å². The van der Waals surface area contributed by atoms with Crippen LogP contribution in [0.15, 0.2) is 0 Å². The molecule has 0 aromatic heterocycles. The Morgan fingerprint density at radius 3 is 2.56 bits per heavy atom. The molecule has 0 radical (unpaired) electrons. The van der Waals surface area contributed by atoms with Gasteiger partial charge in [0.25, 0.3) is 0 Å². The van der Waals surface area contributed by atoms with E-state index in [-0.39, 0.29) is 0 Å². The molecule has 110 valence electrons. The van der Waals surface area contributed by atoms with E-state index in [1.165, 1.54) is 19.3 Å². The van der Waals surface area contributed by atoms with E-state index in [4.69, 9.17) is 9.68 Å². The molecule has 0 aliphatic rings. The quantitative estimate of drug-likeness (QED) is 0.408. The largest absolute Gasteiger partial charge is 0.301 e. The van der Waals surface area contributed by atoms with Crippen LogP contribution in [0.3, 0.4) is 0 Å². The molecule has 0 amide bonds. The van der Waals surface area contributed by atoms with E-state index in [1.54, 1.807) is 0 Å². The normalized spacial score (nSPS) is 13.2. The molecule has 4 heteroatoms. The van der Waals surface area contributed by atoms with Crippen LogP contribution in [0.1, 0.15) is 53.4 Å². The molecule has 0 heterocycles. The molecule has 0 aliphatic carbocycles. The van der Waals surface area contributed by atoms with Crippen molar-refractivity contribution in [2.24, 2.45) is 5.92 Å². The van der Waals surface area contributed by atoms with Crippen LogP contribution in [0.25, 0.3) is 0 Å². The lowest BCUT2D eigenvalue weighted by Gasteiger charge is -2.20. The summed E-state index contributed by atoms with van der Waals surface area (Å²) in [7, 11) is 0. The van der Waals surface area contributed by atoms with Gasteiger partial charge >= 0.3 is 0 Å². The van der Waals surface area contributed by atoms with Crippen LogP contribution in [0.4, 0.5) is 0 Å². The highest BCUT2D eigenvalue weighted by Gasteiger charge is 2.03. The maximum Gasteiger partial charge on any atom is 0.0707 e. The van der Waals surface area contributed by atoms with Gasteiger partial charge in [0.1, 0.15) is 0 Å². The van der Waals surface area contributed by atoms with E-state index in [2.05, 4.69) is 33.2 Å². The Bertz CT molecular complexity index is 168. The first kappa shape index (κ1) is 17.8. The maximum absolute atomic E-state index is 5.64. The molecule has 1 atom stereocenters. The second-order valence-electron chi connectivity index (χ2n) is 4.81. The van der Waals surface area contributed by atoms with Crippen LogP contribution < -0.4 is 5.48 Å². The number of rotatable bonds is 13. The number of hydroxylamine groups is 3. The SMILES string of the molecule is CCCCON(CC)CCNOCC(C)CCC. The molecule has 0 bridgehead atoms. The van der Waals surface area contributed by atoms with Crippen molar-refractivity contribution in [2.75, 3.05) is 32.8 Å². The first-order valence-electron chi connectivity index (χ1n) is 7.47. The van der Waals surface area contributed by atoms with E-state index < -0.39 is 0 Å². The highest BCUT2D eigenvalue weighted by Crippen LogP contribution is 2.03. The van der Waals surface area contributed by atoms with Gasteiger partial charge < -0.3 is 4.84 Å². The van der Waals surface area contributed by atoms with Gasteiger partial charge in [-0.2, -0.15) is 5.06 Å². The molecule has 0 aliphatic heterocycles. The molecular weight excluding hydrogens is 228 g/mol. The van der Waals surface area contributed by atoms with Crippen LogP contribution in [0, 0.1) is 5.92 Å². The zero-order valence-electron chi connectivity index (χ0n) is 12.7. The highest BCUT2D eigenvalue weighted by molar-refractivity contribution is 4.49. The van der Waals surface area contributed by atoms with E-state index in [0.29, 0.717) is 5.92 Å². The summed E-state index contributed by atoms with van der Waals surface area (Å²) < 4.78 is 0. The van der Waals surface area contributed by atoms with Gasteiger partial charge in [-0.3, -0.25) is 4.84 Å². The first-order valence-corrected chi connectivity index (χ1v) is 7.47. The predicted octanol–water partition coefficient (Wildman–Crippen LogP) is 3.00. The summed E-state index contributed by atoms with van der Waals surface area (Å²) in [5.41, 5.74) is 3.01. The molecule has 0 aromatic carbocycles. The van der Waals surface area contributed by atoms with E-state index in [9.17, 15) is 0 Å². The topological polar surface area (TPSA) is 33.7 Å². The van der Waals surface area contributed by atoms with Crippen LogP contribution in [-0.4, -0.2) is 37.9 Å². The second kappa shape index (κ2) is 13.3. The minimum absolute atomic E-state index is 0.630. The number of unbranched alkanes of at least 4 members (excludes halogenated alkanes) is 1. The van der Waals surface area contributed by atoms with Crippen LogP contribution >= 0.6 is 0 Å². The summed E-state index contributed by atoms with van der Waals surface area (Å²) in [6.45, 7) is 12.9. The maximum atomic E-state index is 5.64. The third kappa shape index (κ3) is 11.0. The fourth-order valence-corrected chi connectivity index (χ4v) is 1.67. The van der Waals surface area contributed by atoms with Crippen molar-refractivity contribution in [3.63, 3.8) is 0 Å². The Morgan fingerprint density at radius 1 is 1.17 bits per heavy atom. The zero-order valence-corrected chi connectivity index (χ0v) is 12.7. The van der Waals surface area contributed by atoms with Gasteiger partial charge in [0, 0.05) is 19.6 Å². The summed E-state index contributed by atoms with van der Waals surface area (Å²) in [5.74, 6) is 0.630. The monoisotopic (exact) mass is 260 g/mol. The summed E-state index contributed by atoms with van der Waals surface area (Å²) >= 11 is 0. The van der Waals surface area contributed by atoms with Crippen molar-refractivity contribution < 1.29 is 9.68 Å². The van der Waals surface area contributed by atoms with Crippen molar-refractivity contribution in [3.8, 4) is 0 Å². The Balaban J connectivity index is 3.38. The molecular formula is C14H32N2O2. The fraction of sp³-hybridized carbons (Fsp3) is 1.00. The molecule has 0 spiro atoms. The standard InChI is InChI=1S/C14H32N2O2/c1-5-8-12-18-16(7-3)11-10-15-17-13-14(4)9-6-2/h14-15H,5-13H2,1-4H3. The summed E-state index contributed by atoms with van der Waals surface area (Å²) in [5, 5.41) is 1.99. The van der Waals surface area contributed by atoms with Crippen LogP contribution in [0.5, 0.6) is 0 Å². The Morgan fingerprint density at radius 2 is 1.94 bits per heavy atom.